The molecule has 150 valence electrons. The topological polar surface area (TPSA) is 47.4 Å². The first kappa shape index (κ1) is 19.2. The average molecular weight is 382 g/mol. The summed E-state index contributed by atoms with van der Waals surface area (Å²) in [6, 6.07) is 10.1. The molecule has 1 amide bonds. The van der Waals surface area contributed by atoms with Gasteiger partial charge >= 0.3 is 0 Å². The molecule has 2 aliphatic rings. The zero-order valence-corrected chi connectivity index (χ0v) is 16.8. The number of hydrogen-bond acceptors (Lipinski definition) is 3. The van der Waals surface area contributed by atoms with Crippen LogP contribution in [0.1, 0.15) is 48.7 Å². The number of rotatable bonds is 5. The van der Waals surface area contributed by atoms with Crippen molar-refractivity contribution in [3.8, 4) is 0 Å². The SMILES string of the molecule is Cc1cnc(C2CCOCC2)n1CC1CCCN(C(=O)Cc2ccccc2)C1. The summed E-state index contributed by atoms with van der Waals surface area (Å²) in [4.78, 5) is 19.6. The molecule has 4 rings (SSSR count). The molecule has 0 spiro atoms. The molecular weight excluding hydrogens is 350 g/mol. The fourth-order valence-electron chi connectivity index (χ4n) is 4.58. The van der Waals surface area contributed by atoms with E-state index in [9.17, 15) is 4.79 Å². The summed E-state index contributed by atoms with van der Waals surface area (Å²) in [6.45, 7) is 6.53. The number of imidazole rings is 1. The summed E-state index contributed by atoms with van der Waals surface area (Å²) in [5.74, 6) is 2.47. The molecule has 5 heteroatoms. The van der Waals surface area contributed by atoms with Crippen LogP contribution in [0.5, 0.6) is 0 Å². The lowest BCUT2D eigenvalue weighted by molar-refractivity contribution is -0.132. The second-order valence-electron chi connectivity index (χ2n) is 8.27. The molecule has 0 bridgehead atoms. The smallest absolute Gasteiger partial charge is 0.226 e. The highest BCUT2D eigenvalue weighted by molar-refractivity contribution is 5.78. The van der Waals surface area contributed by atoms with E-state index in [1.807, 2.05) is 36.5 Å². The second kappa shape index (κ2) is 8.91. The van der Waals surface area contributed by atoms with Crippen molar-refractivity contribution in [2.75, 3.05) is 26.3 Å². The summed E-state index contributed by atoms with van der Waals surface area (Å²) in [6.07, 6.45) is 6.90. The predicted octanol–water partition coefficient (Wildman–Crippen LogP) is 3.57. The lowest BCUT2D eigenvalue weighted by atomic mass is 9.95. The minimum absolute atomic E-state index is 0.253. The van der Waals surface area contributed by atoms with Crippen LogP contribution in [-0.2, 0) is 22.5 Å². The van der Waals surface area contributed by atoms with Gasteiger partial charge in [-0.1, -0.05) is 30.3 Å². The molecule has 1 aromatic heterocycles. The number of likely N-dealkylation sites (tertiary alicyclic amines) is 1. The number of carbonyl (C=O) groups excluding carboxylic acids is 1. The van der Waals surface area contributed by atoms with E-state index >= 15 is 0 Å². The molecule has 0 saturated carbocycles. The van der Waals surface area contributed by atoms with Crippen molar-refractivity contribution in [3.05, 3.63) is 53.6 Å². The van der Waals surface area contributed by atoms with E-state index in [1.54, 1.807) is 0 Å². The molecule has 0 N–H and O–H groups in total. The van der Waals surface area contributed by atoms with E-state index in [-0.39, 0.29) is 5.91 Å². The maximum atomic E-state index is 12.8. The number of nitrogens with zero attached hydrogens (tertiary/aromatic N) is 3. The summed E-state index contributed by atoms with van der Waals surface area (Å²) >= 11 is 0. The molecule has 2 aliphatic heterocycles. The summed E-state index contributed by atoms with van der Waals surface area (Å²) in [5.41, 5.74) is 2.33. The molecule has 0 aliphatic carbocycles. The van der Waals surface area contributed by atoms with Gasteiger partial charge in [0.05, 0.1) is 6.42 Å². The van der Waals surface area contributed by atoms with Gasteiger partial charge in [-0.05, 0) is 44.1 Å². The first-order chi connectivity index (χ1) is 13.7. The molecule has 2 saturated heterocycles. The van der Waals surface area contributed by atoms with Gasteiger partial charge in [-0.25, -0.2) is 4.98 Å². The zero-order chi connectivity index (χ0) is 19.3. The Morgan fingerprint density at radius 1 is 1.18 bits per heavy atom. The Balaban J connectivity index is 1.40. The molecule has 5 nitrogen and oxygen atoms in total. The van der Waals surface area contributed by atoms with Gasteiger partial charge in [-0.15, -0.1) is 0 Å². The Morgan fingerprint density at radius 3 is 2.75 bits per heavy atom. The Morgan fingerprint density at radius 2 is 1.96 bits per heavy atom. The van der Waals surface area contributed by atoms with E-state index in [1.165, 1.54) is 17.9 Å². The number of hydrogen-bond donors (Lipinski definition) is 0. The summed E-state index contributed by atoms with van der Waals surface area (Å²) in [5, 5.41) is 0. The standard InChI is InChI=1S/C23H31N3O2/c1-18-15-24-23(21-9-12-28-13-10-21)26(18)17-20-8-5-11-25(16-20)22(27)14-19-6-3-2-4-7-19/h2-4,6-7,15,20-21H,5,8-14,16-17H2,1H3. The quantitative estimate of drug-likeness (QED) is 0.795. The zero-order valence-electron chi connectivity index (χ0n) is 16.8. The third kappa shape index (κ3) is 4.46. The van der Waals surface area contributed by atoms with Gasteiger partial charge < -0.3 is 14.2 Å². The van der Waals surface area contributed by atoms with Gasteiger partial charge in [-0.3, -0.25) is 4.79 Å². The van der Waals surface area contributed by atoms with Crippen LogP contribution in [0.25, 0.3) is 0 Å². The number of aromatic nitrogens is 2. The molecule has 0 radical (unpaired) electrons. The fraction of sp³-hybridized carbons (Fsp3) is 0.565. The second-order valence-corrected chi connectivity index (χ2v) is 8.27. The first-order valence-corrected chi connectivity index (χ1v) is 10.6. The Kier molecular flexibility index (Phi) is 6.10. The van der Waals surface area contributed by atoms with Gasteiger partial charge in [-0.2, -0.15) is 0 Å². The monoisotopic (exact) mass is 381 g/mol. The number of carbonyl (C=O) groups is 1. The first-order valence-electron chi connectivity index (χ1n) is 10.6. The Labute approximate surface area is 167 Å². The highest BCUT2D eigenvalue weighted by Gasteiger charge is 2.27. The molecule has 3 heterocycles. The molecule has 2 fully saturated rings. The van der Waals surface area contributed by atoms with E-state index < -0.39 is 0 Å². The van der Waals surface area contributed by atoms with Crippen molar-refractivity contribution < 1.29 is 9.53 Å². The van der Waals surface area contributed by atoms with Crippen molar-refractivity contribution in [1.82, 2.24) is 14.5 Å². The summed E-state index contributed by atoms with van der Waals surface area (Å²) in [7, 11) is 0. The highest BCUT2D eigenvalue weighted by atomic mass is 16.5. The molecule has 1 aromatic carbocycles. The highest BCUT2D eigenvalue weighted by Crippen LogP contribution is 2.28. The molecule has 1 unspecified atom stereocenters. The molecule has 28 heavy (non-hydrogen) atoms. The number of aryl methyl sites for hydroxylation is 1. The van der Waals surface area contributed by atoms with Crippen molar-refractivity contribution in [2.45, 2.75) is 51.5 Å². The normalized spacial score (nSPS) is 21.0. The van der Waals surface area contributed by atoms with Gasteiger partial charge in [0, 0.05) is 50.7 Å². The minimum atomic E-state index is 0.253. The fourth-order valence-corrected chi connectivity index (χ4v) is 4.58. The van der Waals surface area contributed by atoms with Crippen LogP contribution in [0.4, 0.5) is 0 Å². The largest absolute Gasteiger partial charge is 0.381 e. The van der Waals surface area contributed by atoms with E-state index in [0.29, 0.717) is 18.3 Å². The Hall–Kier alpha value is -2.14. The van der Waals surface area contributed by atoms with Gasteiger partial charge in [0.2, 0.25) is 5.91 Å². The van der Waals surface area contributed by atoms with Gasteiger partial charge in [0.1, 0.15) is 5.82 Å². The lowest BCUT2D eigenvalue weighted by Gasteiger charge is -2.34. The Bertz CT molecular complexity index is 780. The predicted molar refractivity (Wildman–Crippen MR) is 109 cm³/mol. The van der Waals surface area contributed by atoms with E-state index in [2.05, 4.69) is 16.4 Å². The van der Waals surface area contributed by atoms with Crippen LogP contribution < -0.4 is 0 Å². The van der Waals surface area contributed by atoms with Gasteiger partial charge in [0.15, 0.2) is 0 Å². The maximum absolute atomic E-state index is 12.8. The van der Waals surface area contributed by atoms with Crippen LogP contribution in [0, 0.1) is 12.8 Å². The minimum Gasteiger partial charge on any atom is -0.381 e. The number of amides is 1. The van der Waals surface area contributed by atoms with Crippen molar-refractivity contribution in [2.24, 2.45) is 5.92 Å². The summed E-state index contributed by atoms with van der Waals surface area (Å²) < 4.78 is 7.93. The number of piperidine rings is 1. The van der Waals surface area contributed by atoms with Crippen LogP contribution in [0.2, 0.25) is 0 Å². The number of benzene rings is 1. The van der Waals surface area contributed by atoms with Crippen LogP contribution in [0.15, 0.2) is 36.5 Å². The van der Waals surface area contributed by atoms with E-state index in [4.69, 9.17) is 9.72 Å². The van der Waals surface area contributed by atoms with Crippen molar-refractivity contribution in [1.29, 1.82) is 0 Å². The van der Waals surface area contributed by atoms with Gasteiger partial charge in [0.25, 0.3) is 0 Å². The molecule has 1 atom stereocenters. The van der Waals surface area contributed by atoms with Crippen LogP contribution in [-0.4, -0.2) is 46.7 Å². The molecular formula is C23H31N3O2. The lowest BCUT2D eigenvalue weighted by Crippen LogP contribution is -2.42. The van der Waals surface area contributed by atoms with Crippen LogP contribution in [0.3, 0.4) is 0 Å². The van der Waals surface area contributed by atoms with Crippen molar-refractivity contribution >= 4 is 5.91 Å². The van der Waals surface area contributed by atoms with Crippen molar-refractivity contribution in [3.63, 3.8) is 0 Å². The molecule has 2 aromatic rings. The maximum Gasteiger partial charge on any atom is 0.226 e. The van der Waals surface area contributed by atoms with E-state index in [0.717, 1.165) is 57.7 Å². The third-order valence-electron chi connectivity index (χ3n) is 6.18. The van der Waals surface area contributed by atoms with Crippen LogP contribution >= 0.6 is 0 Å². The third-order valence-corrected chi connectivity index (χ3v) is 6.18. The number of ether oxygens (including phenoxy) is 1. The average Bonchev–Trinajstić information content (AvgIpc) is 3.10.